The van der Waals surface area contributed by atoms with E-state index in [-0.39, 0.29) is 6.04 Å². The minimum atomic E-state index is -0.116. The molecule has 0 spiro atoms. The van der Waals surface area contributed by atoms with E-state index in [0.29, 0.717) is 0 Å². The summed E-state index contributed by atoms with van der Waals surface area (Å²) in [6, 6.07) is 12.1. The maximum Gasteiger partial charge on any atom is 0.128 e. The zero-order chi connectivity index (χ0) is 13.8. The average Bonchev–Trinajstić information content (AvgIpc) is 2.46. The second kappa shape index (κ2) is 5.85. The molecule has 2 aromatic rings. The number of hydrogen-bond donors (Lipinski definition) is 1. The van der Waals surface area contributed by atoms with Gasteiger partial charge in [0, 0.05) is 19.8 Å². The maximum absolute atomic E-state index is 6.32. The van der Waals surface area contributed by atoms with Crippen molar-refractivity contribution in [2.45, 2.75) is 19.9 Å². The fraction of sp³-hybridized carbons (Fsp3) is 0.312. The van der Waals surface area contributed by atoms with E-state index in [0.717, 1.165) is 23.5 Å². The molecule has 0 bridgehead atoms. The Morgan fingerprint density at radius 1 is 1.26 bits per heavy atom. The second-order valence-electron chi connectivity index (χ2n) is 4.80. The third-order valence-electron chi connectivity index (χ3n) is 3.50. The Morgan fingerprint density at radius 2 is 1.95 bits per heavy atom. The van der Waals surface area contributed by atoms with Gasteiger partial charge >= 0.3 is 0 Å². The van der Waals surface area contributed by atoms with Crippen LogP contribution in [0.15, 0.2) is 42.6 Å². The summed E-state index contributed by atoms with van der Waals surface area (Å²) in [5, 5.41) is 0. The van der Waals surface area contributed by atoms with Gasteiger partial charge in [-0.25, -0.2) is 4.98 Å². The van der Waals surface area contributed by atoms with Gasteiger partial charge in [-0.2, -0.15) is 0 Å². The molecule has 0 aliphatic rings. The highest BCUT2D eigenvalue weighted by molar-refractivity contribution is 5.45. The highest BCUT2D eigenvalue weighted by atomic mass is 15.1. The largest absolute Gasteiger partial charge is 0.360 e. The fourth-order valence-corrected chi connectivity index (χ4v) is 2.09. The van der Waals surface area contributed by atoms with E-state index in [9.17, 15) is 0 Å². The van der Waals surface area contributed by atoms with Gasteiger partial charge in [-0.1, -0.05) is 30.3 Å². The normalized spacial score (nSPS) is 12.2. The molecular weight excluding hydrogens is 234 g/mol. The lowest BCUT2D eigenvalue weighted by atomic mass is 9.97. The Morgan fingerprint density at radius 3 is 2.53 bits per heavy atom. The molecule has 1 aromatic heterocycles. The van der Waals surface area contributed by atoms with Gasteiger partial charge < -0.3 is 10.6 Å². The van der Waals surface area contributed by atoms with Crippen molar-refractivity contribution >= 4 is 5.82 Å². The van der Waals surface area contributed by atoms with Crippen molar-refractivity contribution in [2.24, 2.45) is 5.73 Å². The Balaban J connectivity index is 2.31. The molecule has 3 heteroatoms. The van der Waals surface area contributed by atoms with Crippen LogP contribution >= 0.6 is 0 Å². The summed E-state index contributed by atoms with van der Waals surface area (Å²) in [5.41, 5.74) is 9.70. The van der Waals surface area contributed by atoms with Crippen LogP contribution in [-0.2, 0) is 0 Å². The number of hydrogen-bond acceptors (Lipinski definition) is 3. The molecule has 2 rings (SSSR count). The van der Waals surface area contributed by atoms with Crippen LogP contribution in [-0.4, -0.2) is 18.6 Å². The summed E-state index contributed by atoms with van der Waals surface area (Å²) in [7, 11) is 2.04. The molecular formula is C16H21N3. The number of nitrogens with two attached hydrogens (primary N) is 1. The summed E-state index contributed by atoms with van der Waals surface area (Å²) in [5.74, 6) is 0.990. The molecule has 0 saturated heterocycles. The predicted octanol–water partition coefficient (Wildman–Crippen LogP) is 2.89. The maximum atomic E-state index is 6.32. The van der Waals surface area contributed by atoms with E-state index in [1.54, 1.807) is 0 Å². The number of rotatable bonds is 4. The van der Waals surface area contributed by atoms with Gasteiger partial charge in [-0.3, -0.25) is 0 Å². The lowest BCUT2D eigenvalue weighted by molar-refractivity contribution is 0.846. The third-order valence-corrected chi connectivity index (χ3v) is 3.50. The zero-order valence-corrected chi connectivity index (χ0v) is 11.8. The first-order chi connectivity index (χ1) is 9.13. The molecule has 1 aromatic carbocycles. The SMILES string of the molecule is CCN(C)c1cc(C)c([C@H](N)c2ccccc2)cn1. The van der Waals surface area contributed by atoms with Crippen molar-refractivity contribution in [3.05, 3.63) is 59.3 Å². The predicted molar refractivity (Wildman–Crippen MR) is 80.4 cm³/mol. The van der Waals surface area contributed by atoms with Crippen molar-refractivity contribution in [3.8, 4) is 0 Å². The molecule has 0 aliphatic carbocycles. The first-order valence-electron chi connectivity index (χ1n) is 6.61. The number of pyridine rings is 1. The van der Waals surface area contributed by atoms with Gasteiger partial charge in [0.05, 0.1) is 6.04 Å². The van der Waals surface area contributed by atoms with E-state index in [1.165, 1.54) is 5.56 Å². The van der Waals surface area contributed by atoms with Crippen LogP contribution in [0.2, 0.25) is 0 Å². The monoisotopic (exact) mass is 255 g/mol. The zero-order valence-electron chi connectivity index (χ0n) is 11.8. The summed E-state index contributed by atoms with van der Waals surface area (Å²) in [6.07, 6.45) is 1.90. The minimum absolute atomic E-state index is 0.116. The van der Waals surface area contributed by atoms with Gasteiger partial charge in [0.15, 0.2) is 0 Å². The van der Waals surface area contributed by atoms with E-state index in [4.69, 9.17) is 5.73 Å². The van der Waals surface area contributed by atoms with Crippen molar-refractivity contribution in [1.29, 1.82) is 0 Å². The Hall–Kier alpha value is -1.87. The minimum Gasteiger partial charge on any atom is -0.360 e. The summed E-state index contributed by atoms with van der Waals surface area (Å²) >= 11 is 0. The molecule has 0 fully saturated rings. The first kappa shape index (κ1) is 13.6. The topological polar surface area (TPSA) is 42.1 Å². The quantitative estimate of drug-likeness (QED) is 0.913. The summed E-state index contributed by atoms with van der Waals surface area (Å²) in [6.45, 7) is 5.14. The molecule has 0 unspecified atom stereocenters. The average molecular weight is 255 g/mol. The second-order valence-corrected chi connectivity index (χ2v) is 4.80. The Kier molecular flexibility index (Phi) is 4.17. The van der Waals surface area contributed by atoms with Crippen molar-refractivity contribution < 1.29 is 0 Å². The standard InChI is InChI=1S/C16H21N3/c1-4-19(3)15-10-12(2)14(11-18-15)16(17)13-8-6-5-7-9-13/h5-11,16H,4,17H2,1-3H3/t16-/m1/s1. The number of benzene rings is 1. The lowest BCUT2D eigenvalue weighted by Gasteiger charge is -2.19. The number of nitrogens with zero attached hydrogens (tertiary/aromatic N) is 2. The van der Waals surface area contributed by atoms with Gasteiger partial charge in [-0.05, 0) is 36.6 Å². The van der Waals surface area contributed by atoms with Crippen LogP contribution in [0.1, 0.15) is 29.7 Å². The molecule has 1 heterocycles. The van der Waals surface area contributed by atoms with Gasteiger partial charge in [0.1, 0.15) is 5.82 Å². The lowest BCUT2D eigenvalue weighted by Crippen LogP contribution is -2.19. The van der Waals surface area contributed by atoms with Crippen LogP contribution in [0.4, 0.5) is 5.82 Å². The highest BCUT2D eigenvalue weighted by Crippen LogP contribution is 2.24. The molecule has 0 radical (unpaired) electrons. The van der Waals surface area contributed by atoms with Crippen LogP contribution in [0, 0.1) is 6.92 Å². The van der Waals surface area contributed by atoms with Crippen LogP contribution in [0.25, 0.3) is 0 Å². The van der Waals surface area contributed by atoms with E-state index in [2.05, 4.69) is 41.9 Å². The van der Waals surface area contributed by atoms with Crippen LogP contribution in [0.3, 0.4) is 0 Å². The van der Waals surface area contributed by atoms with E-state index < -0.39 is 0 Å². The molecule has 2 N–H and O–H groups in total. The molecule has 1 atom stereocenters. The van der Waals surface area contributed by atoms with Crippen molar-refractivity contribution in [1.82, 2.24) is 4.98 Å². The number of aromatic nitrogens is 1. The van der Waals surface area contributed by atoms with E-state index >= 15 is 0 Å². The Labute approximate surface area is 115 Å². The first-order valence-corrected chi connectivity index (χ1v) is 6.61. The van der Waals surface area contributed by atoms with Crippen LogP contribution in [0.5, 0.6) is 0 Å². The van der Waals surface area contributed by atoms with Crippen molar-refractivity contribution in [3.63, 3.8) is 0 Å². The molecule has 0 amide bonds. The molecule has 3 nitrogen and oxygen atoms in total. The Bertz CT molecular complexity index is 537. The summed E-state index contributed by atoms with van der Waals surface area (Å²) < 4.78 is 0. The number of anilines is 1. The molecule has 0 saturated carbocycles. The van der Waals surface area contributed by atoms with Gasteiger partial charge in [0.25, 0.3) is 0 Å². The van der Waals surface area contributed by atoms with Gasteiger partial charge in [0.2, 0.25) is 0 Å². The molecule has 100 valence electrons. The smallest absolute Gasteiger partial charge is 0.128 e. The van der Waals surface area contributed by atoms with Gasteiger partial charge in [-0.15, -0.1) is 0 Å². The molecule has 19 heavy (non-hydrogen) atoms. The molecule has 0 aliphatic heterocycles. The fourth-order valence-electron chi connectivity index (χ4n) is 2.09. The van der Waals surface area contributed by atoms with Crippen molar-refractivity contribution in [2.75, 3.05) is 18.5 Å². The summed E-state index contributed by atoms with van der Waals surface area (Å²) in [4.78, 5) is 6.62. The third kappa shape index (κ3) is 2.93. The van der Waals surface area contributed by atoms with E-state index in [1.807, 2.05) is 31.4 Å². The number of aryl methyl sites for hydroxylation is 1. The van der Waals surface area contributed by atoms with Crippen LogP contribution < -0.4 is 10.6 Å². The highest BCUT2D eigenvalue weighted by Gasteiger charge is 2.13.